The van der Waals surface area contributed by atoms with Gasteiger partial charge >= 0.3 is 0 Å². The first-order chi connectivity index (χ1) is 37.8. The van der Waals surface area contributed by atoms with Crippen molar-refractivity contribution < 1.29 is 0 Å². The molecule has 0 aromatic heterocycles. The smallest absolute Gasteiger partial charge is 0.0171 e. The van der Waals surface area contributed by atoms with Crippen molar-refractivity contribution in [2.45, 2.75) is 138 Å². The Kier molecular flexibility index (Phi) is 16.2. The molecule has 0 spiro atoms. The van der Waals surface area contributed by atoms with E-state index in [1.165, 1.54) is 200 Å². The van der Waals surface area contributed by atoms with Gasteiger partial charge < -0.3 is 0 Å². The lowest BCUT2D eigenvalue weighted by molar-refractivity contribution is 1.26. The summed E-state index contributed by atoms with van der Waals surface area (Å²) < 4.78 is 0. The lowest BCUT2D eigenvalue weighted by Gasteiger charge is -2.17. The fraction of sp³-hybridized carbons (Fsp3) is 0.250. The summed E-state index contributed by atoms with van der Waals surface area (Å²) in [4.78, 5) is 0. The van der Waals surface area contributed by atoms with Gasteiger partial charge in [0.05, 0.1) is 0 Å². The van der Waals surface area contributed by atoms with Crippen molar-refractivity contribution in [2.24, 2.45) is 0 Å². The average Bonchev–Trinajstić information content (AvgIpc) is 3.42. The van der Waals surface area contributed by atoms with Crippen LogP contribution >= 0.6 is 0 Å². The molecule has 0 heteroatoms. The summed E-state index contributed by atoms with van der Waals surface area (Å²) in [5.74, 6) is 0. The maximum absolute atomic E-state index is 2.41. The molecule has 0 atom stereocenters. The van der Waals surface area contributed by atoms with E-state index in [9.17, 15) is 0 Å². The van der Waals surface area contributed by atoms with Gasteiger partial charge in [0.2, 0.25) is 0 Å². The molecule has 0 radical (unpaired) electrons. The second-order valence-electron chi connectivity index (χ2n) is 24.2. The zero-order valence-electron chi connectivity index (χ0n) is 51.9. The summed E-state index contributed by atoms with van der Waals surface area (Å²) >= 11 is 0. The summed E-state index contributed by atoms with van der Waals surface area (Å²) in [7, 11) is 0. The van der Waals surface area contributed by atoms with Gasteiger partial charge in [-0.2, -0.15) is 0 Å². The van der Waals surface area contributed by atoms with E-state index in [4.69, 9.17) is 0 Å². The van der Waals surface area contributed by atoms with Gasteiger partial charge in [-0.3, -0.25) is 0 Å². The van der Waals surface area contributed by atoms with Crippen LogP contribution in [-0.4, -0.2) is 0 Å². The first kappa shape index (κ1) is 56.9. The molecular weight excluding hydrogens is 961 g/mol. The molecule has 0 nitrogen and oxygen atoms in total. The summed E-state index contributed by atoms with van der Waals surface area (Å²) in [6, 6.07) is 56.5. The highest BCUT2D eigenvalue weighted by molar-refractivity contribution is 5.87. The Labute approximate surface area is 481 Å². The fourth-order valence-electron chi connectivity index (χ4n) is 11.7. The first-order valence-corrected chi connectivity index (χ1v) is 28.9. The van der Waals surface area contributed by atoms with Gasteiger partial charge in [0.15, 0.2) is 0 Å². The van der Waals surface area contributed by atoms with Gasteiger partial charge in [0.1, 0.15) is 0 Å². The van der Waals surface area contributed by atoms with Crippen molar-refractivity contribution in [3.63, 3.8) is 0 Å². The van der Waals surface area contributed by atoms with Gasteiger partial charge in [-0.15, -0.1) is 0 Å². The molecule has 0 saturated carbocycles. The highest BCUT2D eigenvalue weighted by atomic mass is 14.2. The predicted molar refractivity (Wildman–Crippen MR) is 351 cm³/mol. The highest BCUT2D eigenvalue weighted by Gasteiger charge is 2.16. The van der Waals surface area contributed by atoms with Crippen LogP contribution in [0.25, 0.3) is 89.0 Å². The van der Waals surface area contributed by atoms with Gasteiger partial charge in [-0.05, 0) is 387 Å². The van der Waals surface area contributed by atoms with Crippen molar-refractivity contribution in [1.82, 2.24) is 0 Å². The fourth-order valence-corrected chi connectivity index (χ4v) is 11.7. The normalized spacial score (nSPS) is 11.2. The molecule has 10 aromatic rings. The van der Waals surface area contributed by atoms with Gasteiger partial charge in [-0.25, -0.2) is 0 Å². The molecule has 0 fully saturated rings. The number of hydrogen-bond acceptors (Lipinski definition) is 0. The van der Waals surface area contributed by atoms with E-state index in [1.807, 2.05) is 0 Å². The van der Waals surface area contributed by atoms with Crippen molar-refractivity contribution in [2.75, 3.05) is 0 Å². The Bertz CT molecular complexity index is 3540. The molecule has 80 heavy (non-hydrogen) atoms. The molecule has 0 amide bonds. The summed E-state index contributed by atoms with van der Waals surface area (Å²) in [6.45, 7) is 44.4. The lowest BCUT2D eigenvalue weighted by Crippen LogP contribution is -1.94. The molecule has 0 aliphatic carbocycles. The quantitative estimate of drug-likeness (QED) is 0.142. The highest BCUT2D eigenvalue weighted by Crippen LogP contribution is 2.41. The molecule has 0 aliphatic rings. The number of benzene rings is 10. The van der Waals surface area contributed by atoms with Crippen molar-refractivity contribution >= 4 is 0 Å². The molecule has 0 bridgehead atoms. The van der Waals surface area contributed by atoms with Crippen molar-refractivity contribution in [3.05, 3.63) is 257 Å². The largest absolute Gasteiger partial charge is 0.0514 e. The van der Waals surface area contributed by atoms with E-state index < -0.39 is 0 Å². The zero-order valence-corrected chi connectivity index (χ0v) is 51.9. The van der Waals surface area contributed by atoms with E-state index in [-0.39, 0.29) is 0 Å². The third-order valence-corrected chi connectivity index (χ3v) is 18.2. The topological polar surface area (TPSA) is 0 Å². The SMILES string of the molecule is Cc1cc(-c2cc(-c3cc(C)c(C)c(C)c3)cc(-c3cc(C)c(C)c(C)c3)c2)cc(-c2cc(-c3cc(C)c(C)c(C)c3)cc(-c3cc(C)c(C)c(C)c3)c2)c1.Cc1cc(-c2cc(C)c(C)c(C)c2)cc(-c2cc(C)c(C)c(C)c2)c1. The van der Waals surface area contributed by atoms with Crippen molar-refractivity contribution in [3.8, 4) is 89.0 Å². The van der Waals surface area contributed by atoms with Crippen LogP contribution in [-0.2, 0) is 0 Å². The molecule has 0 heterocycles. The molecule has 10 aromatic carbocycles. The van der Waals surface area contributed by atoms with Crippen LogP contribution in [0.5, 0.6) is 0 Å². The summed E-state index contributed by atoms with van der Waals surface area (Å²) in [5.41, 5.74) is 47.1. The minimum atomic E-state index is 1.23. The number of hydrogen-bond donors (Lipinski definition) is 0. The Morgan fingerprint density at radius 2 is 0.200 bits per heavy atom. The minimum Gasteiger partial charge on any atom is -0.0514 e. The van der Waals surface area contributed by atoms with Crippen LogP contribution in [0.3, 0.4) is 0 Å². The lowest BCUT2D eigenvalue weighted by atomic mass is 9.87. The third kappa shape index (κ3) is 11.9. The maximum atomic E-state index is 2.41. The van der Waals surface area contributed by atoms with Crippen LogP contribution in [0.15, 0.2) is 146 Å². The molecule has 0 saturated heterocycles. The Balaban J connectivity index is 0.000000258. The Morgan fingerprint density at radius 1 is 0.113 bits per heavy atom. The first-order valence-electron chi connectivity index (χ1n) is 28.9. The van der Waals surface area contributed by atoms with Crippen LogP contribution < -0.4 is 0 Å². The molecule has 0 unspecified atom stereocenters. The van der Waals surface area contributed by atoms with E-state index >= 15 is 0 Å². The van der Waals surface area contributed by atoms with Gasteiger partial charge in [0, 0.05) is 0 Å². The van der Waals surface area contributed by atoms with Crippen LogP contribution in [0.2, 0.25) is 0 Å². The Hall–Kier alpha value is -7.80. The average molecular weight is 1050 g/mol. The van der Waals surface area contributed by atoms with Crippen LogP contribution in [0.4, 0.5) is 0 Å². The Morgan fingerprint density at radius 3 is 0.312 bits per heavy atom. The van der Waals surface area contributed by atoms with E-state index in [0.29, 0.717) is 0 Å². The van der Waals surface area contributed by atoms with Gasteiger partial charge in [-0.1, -0.05) is 97.1 Å². The molecule has 0 N–H and O–H groups in total. The number of rotatable bonds is 8. The molecular formula is C80H84. The molecule has 0 aliphatic heterocycles. The second kappa shape index (κ2) is 22.7. The summed E-state index contributed by atoms with van der Waals surface area (Å²) in [6.07, 6.45) is 0. The van der Waals surface area contributed by atoms with E-state index in [1.54, 1.807) is 0 Å². The van der Waals surface area contributed by atoms with E-state index in [2.05, 4.69) is 284 Å². The maximum Gasteiger partial charge on any atom is -0.0171 e. The summed E-state index contributed by atoms with van der Waals surface area (Å²) in [5, 5.41) is 0. The standard InChI is InChI=1S/C55H56.C25H28/c1-31-14-44(50-25-52(46-16-32(2)40(10)33(3)17-46)29-53(26-50)47-18-34(4)41(11)35(5)19-47)24-45(15-31)51-27-54(48-20-36(6)42(12)37(7)21-48)30-55(28-51)49-22-38(8)43(13)39(9)23-49;1-15-8-22(24-10-16(2)20(6)17(3)11-24)14-23(9-15)25-12-18(4)21(7)19(5)13-25/h14-30H,1-13H3;8-14H,1-7H3. The predicted octanol–water partition coefficient (Wildman–Crippen LogP) is 22.9. The minimum absolute atomic E-state index is 1.23. The zero-order chi connectivity index (χ0) is 57.8. The molecule has 404 valence electrons. The van der Waals surface area contributed by atoms with E-state index in [0.717, 1.165) is 0 Å². The van der Waals surface area contributed by atoms with Crippen molar-refractivity contribution in [1.29, 1.82) is 0 Å². The third-order valence-electron chi connectivity index (χ3n) is 18.2. The van der Waals surface area contributed by atoms with Crippen LogP contribution in [0, 0.1) is 138 Å². The second-order valence-corrected chi connectivity index (χ2v) is 24.2. The number of aryl methyl sites for hydroxylation is 14. The molecule has 10 rings (SSSR count). The van der Waals surface area contributed by atoms with Crippen LogP contribution in [0.1, 0.15) is 111 Å². The monoisotopic (exact) mass is 1040 g/mol. The van der Waals surface area contributed by atoms with Gasteiger partial charge in [0.25, 0.3) is 0 Å².